The molecule has 0 radical (unpaired) electrons. The summed E-state index contributed by atoms with van der Waals surface area (Å²) in [6, 6.07) is 18.9. The van der Waals surface area contributed by atoms with Crippen LogP contribution in [0.2, 0.25) is 5.02 Å². The summed E-state index contributed by atoms with van der Waals surface area (Å²) in [5.41, 5.74) is 1.17. The molecule has 9 nitrogen and oxygen atoms in total. The number of halogens is 1. The van der Waals surface area contributed by atoms with E-state index < -0.39 is 0 Å². The molecular formula is C26H20ClN5O4S2. The number of ether oxygens (including phenoxy) is 2. The summed E-state index contributed by atoms with van der Waals surface area (Å²) in [7, 11) is 3.02. The molecule has 2 heterocycles. The van der Waals surface area contributed by atoms with Crippen molar-refractivity contribution < 1.29 is 14.3 Å². The number of nitrogens with one attached hydrogen (secondary N) is 1. The van der Waals surface area contributed by atoms with Gasteiger partial charge in [0.2, 0.25) is 4.77 Å². The topological polar surface area (TPSA) is 104 Å². The van der Waals surface area contributed by atoms with Gasteiger partial charge in [-0.3, -0.25) is 19.3 Å². The number of rotatable bonds is 7. The van der Waals surface area contributed by atoms with Crippen molar-refractivity contribution in [2.75, 3.05) is 14.2 Å². The Kier molecular flexibility index (Phi) is 7.32. The molecule has 0 saturated carbocycles. The van der Waals surface area contributed by atoms with Gasteiger partial charge in [-0.2, -0.15) is 5.10 Å². The van der Waals surface area contributed by atoms with Gasteiger partial charge in [-0.25, -0.2) is 9.55 Å². The first kappa shape index (κ1) is 25.7. The normalized spacial score (nSPS) is 11.0. The lowest BCUT2D eigenvalue weighted by Crippen LogP contribution is -2.22. The van der Waals surface area contributed by atoms with Crippen molar-refractivity contribution in [2.45, 2.75) is 10.9 Å². The molecule has 0 atom stereocenters. The fourth-order valence-electron chi connectivity index (χ4n) is 3.88. The largest absolute Gasteiger partial charge is 0.493 e. The molecule has 0 unspecified atom stereocenters. The van der Waals surface area contributed by atoms with Gasteiger partial charge in [-0.05, 0) is 54.7 Å². The predicted octanol–water partition coefficient (Wildman–Crippen LogP) is 5.29. The minimum Gasteiger partial charge on any atom is -0.493 e. The molecule has 3 aromatic carbocycles. The third-order valence-corrected chi connectivity index (χ3v) is 7.18. The number of nitrogens with zero attached hydrogens (tertiary/aromatic N) is 4. The van der Waals surface area contributed by atoms with E-state index in [0.717, 1.165) is 0 Å². The Labute approximate surface area is 231 Å². The molecule has 38 heavy (non-hydrogen) atoms. The zero-order valence-corrected chi connectivity index (χ0v) is 22.6. The van der Waals surface area contributed by atoms with Crippen molar-refractivity contribution in [3.05, 3.63) is 98.3 Å². The molecule has 2 aromatic heterocycles. The third-order valence-electron chi connectivity index (χ3n) is 5.72. The van der Waals surface area contributed by atoms with E-state index in [1.807, 2.05) is 6.07 Å². The molecule has 0 spiro atoms. The van der Waals surface area contributed by atoms with E-state index in [4.69, 9.17) is 38.3 Å². The molecule has 0 saturated heterocycles. The van der Waals surface area contributed by atoms with Gasteiger partial charge in [0.05, 0.1) is 36.6 Å². The highest BCUT2D eigenvalue weighted by molar-refractivity contribution is 7.98. The smallest absolute Gasteiger partial charge is 0.266 e. The van der Waals surface area contributed by atoms with E-state index >= 15 is 0 Å². The lowest BCUT2D eigenvalue weighted by Gasteiger charge is -2.15. The van der Waals surface area contributed by atoms with Crippen LogP contribution in [0.3, 0.4) is 0 Å². The molecule has 0 aliphatic heterocycles. The van der Waals surface area contributed by atoms with E-state index in [2.05, 4.69) is 10.2 Å². The molecular weight excluding hydrogens is 546 g/mol. The Morgan fingerprint density at radius 1 is 1.05 bits per heavy atom. The van der Waals surface area contributed by atoms with Crippen LogP contribution in [0, 0.1) is 4.77 Å². The number of hydrogen-bond donors (Lipinski definition) is 1. The van der Waals surface area contributed by atoms with Gasteiger partial charge in [0.1, 0.15) is 5.82 Å². The summed E-state index contributed by atoms with van der Waals surface area (Å²) in [5, 5.41) is 8.22. The van der Waals surface area contributed by atoms with Gasteiger partial charge < -0.3 is 9.47 Å². The molecule has 12 heteroatoms. The number of thioether (sulfide) groups is 1. The van der Waals surface area contributed by atoms with Crippen molar-refractivity contribution in [2.24, 2.45) is 0 Å². The highest BCUT2D eigenvalue weighted by atomic mass is 35.5. The maximum Gasteiger partial charge on any atom is 0.266 e. The van der Waals surface area contributed by atoms with Gasteiger partial charge >= 0.3 is 0 Å². The van der Waals surface area contributed by atoms with E-state index in [-0.39, 0.29) is 22.0 Å². The number of carbonyl (C=O) groups excluding carboxylic acids is 1. The molecule has 1 N–H and O–H groups in total. The monoisotopic (exact) mass is 565 g/mol. The Morgan fingerprint density at radius 2 is 1.74 bits per heavy atom. The lowest BCUT2D eigenvalue weighted by atomic mass is 10.2. The predicted molar refractivity (Wildman–Crippen MR) is 149 cm³/mol. The van der Waals surface area contributed by atoms with Crippen molar-refractivity contribution in [1.29, 1.82) is 0 Å². The van der Waals surface area contributed by atoms with E-state index in [0.29, 0.717) is 49.7 Å². The first-order valence-corrected chi connectivity index (χ1v) is 13.0. The number of H-pyrrole nitrogens is 1. The number of carbonyl (C=O) groups is 1. The molecule has 0 bridgehead atoms. The average Bonchev–Trinajstić information content (AvgIpc) is 3.32. The zero-order chi connectivity index (χ0) is 26.8. The van der Waals surface area contributed by atoms with E-state index in [1.54, 1.807) is 60.7 Å². The number of benzene rings is 3. The van der Waals surface area contributed by atoms with Crippen LogP contribution in [0.25, 0.3) is 16.6 Å². The number of aromatic nitrogens is 5. The van der Waals surface area contributed by atoms with Crippen molar-refractivity contribution >= 4 is 52.4 Å². The summed E-state index contributed by atoms with van der Waals surface area (Å²) in [6.45, 7) is 0. The molecule has 5 rings (SSSR count). The van der Waals surface area contributed by atoms with Crippen molar-refractivity contribution in [3.8, 4) is 17.2 Å². The minimum atomic E-state index is -0.307. The van der Waals surface area contributed by atoms with Crippen molar-refractivity contribution in [1.82, 2.24) is 24.3 Å². The second-order valence-corrected chi connectivity index (χ2v) is 9.74. The fourth-order valence-corrected chi connectivity index (χ4v) is 5.17. The summed E-state index contributed by atoms with van der Waals surface area (Å²) in [5.74, 6) is 1.14. The van der Waals surface area contributed by atoms with Crippen LogP contribution < -0.4 is 15.0 Å². The summed E-state index contributed by atoms with van der Waals surface area (Å²) in [6.07, 6.45) is 0. The average molecular weight is 566 g/mol. The van der Waals surface area contributed by atoms with Crippen LogP contribution in [-0.4, -0.2) is 44.4 Å². The molecule has 192 valence electrons. The van der Waals surface area contributed by atoms with Gasteiger partial charge in [-0.15, -0.1) is 0 Å². The van der Waals surface area contributed by atoms with Gasteiger partial charge in [0.15, 0.2) is 16.7 Å². The summed E-state index contributed by atoms with van der Waals surface area (Å²) < 4.78 is 13.8. The van der Waals surface area contributed by atoms with Crippen LogP contribution in [0.4, 0.5) is 0 Å². The standard InChI is InChI=1S/C26H20ClN5O4S2/c1-35-20-12-18-19(13-21(20)36-2)28-26(31(24(18)34)17-10-8-16(27)9-11-17)38-14-22-29-30-25(37)32(22)23(33)15-6-4-3-5-7-15/h3-13H,14H2,1-2H3,(H,30,37). The maximum atomic E-state index is 13.8. The highest BCUT2D eigenvalue weighted by Gasteiger charge is 2.20. The summed E-state index contributed by atoms with van der Waals surface area (Å²) in [4.78, 5) is 31.7. The maximum absolute atomic E-state index is 13.8. The first-order chi connectivity index (χ1) is 18.4. The SMILES string of the molecule is COc1cc2nc(SCc3n[nH]c(=S)n3C(=O)c3ccccc3)n(-c3ccc(Cl)cc3)c(=O)c2cc1OC. The quantitative estimate of drug-likeness (QED) is 0.161. The second kappa shape index (κ2) is 10.8. The van der Waals surface area contributed by atoms with E-state index in [1.165, 1.54) is 35.1 Å². The minimum absolute atomic E-state index is 0.174. The van der Waals surface area contributed by atoms with Gasteiger partial charge in [0, 0.05) is 16.7 Å². The molecule has 5 aromatic rings. The van der Waals surface area contributed by atoms with E-state index in [9.17, 15) is 9.59 Å². The van der Waals surface area contributed by atoms with Crippen LogP contribution in [0.1, 0.15) is 16.2 Å². The molecule has 0 aliphatic rings. The Hall–Kier alpha value is -3.93. The summed E-state index contributed by atoms with van der Waals surface area (Å²) >= 11 is 12.7. The Balaban J connectivity index is 1.61. The fraction of sp³-hybridized carbons (Fsp3) is 0.115. The third kappa shape index (κ3) is 4.83. The highest BCUT2D eigenvalue weighted by Crippen LogP contribution is 2.32. The molecule has 0 fully saturated rings. The number of aromatic amines is 1. The van der Waals surface area contributed by atoms with Crippen LogP contribution >= 0.6 is 35.6 Å². The second-order valence-electron chi connectivity index (χ2n) is 7.98. The van der Waals surface area contributed by atoms with Crippen LogP contribution in [0.15, 0.2) is 76.7 Å². The van der Waals surface area contributed by atoms with Gasteiger partial charge in [-0.1, -0.05) is 41.6 Å². The zero-order valence-electron chi connectivity index (χ0n) is 20.2. The first-order valence-electron chi connectivity index (χ1n) is 11.2. The number of methoxy groups -OCH3 is 2. The molecule has 0 aliphatic carbocycles. The molecule has 0 amide bonds. The van der Waals surface area contributed by atoms with Crippen LogP contribution in [0.5, 0.6) is 11.5 Å². The number of fused-ring (bicyclic) bond motifs is 1. The van der Waals surface area contributed by atoms with Crippen molar-refractivity contribution in [3.63, 3.8) is 0 Å². The Morgan fingerprint density at radius 3 is 2.42 bits per heavy atom. The Bertz CT molecular complexity index is 1770. The van der Waals surface area contributed by atoms with Crippen LogP contribution in [-0.2, 0) is 5.75 Å². The lowest BCUT2D eigenvalue weighted by molar-refractivity contribution is 0.0955. The van der Waals surface area contributed by atoms with Gasteiger partial charge in [0.25, 0.3) is 11.5 Å². The number of hydrogen-bond acceptors (Lipinski definition) is 8.